The van der Waals surface area contributed by atoms with Crippen LogP contribution in [0.4, 0.5) is 0 Å². The predicted octanol–water partition coefficient (Wildman–Crippen LogP) is 3.12. The summed E-state index contributed by atoms with van der Waals surface area (Å²) in [5.74, 6) is 1.29. The van der Waals surface area contributed by atoms with Gasteiger partial charge in [-0.1, -0.05) is 39.0 Å². The zero-order valence-corrected chi connectivity index (χ0v) is 13.9. The maximum absolute atomic E-state index is 9.40. The van der Waals surface area contributed by atoms with Crippen molar-refractivity contribution in [2.24, 2.45) is 10.9 Å². The summed E-state index contributed by atoms with van der Waals surface area (Å²) in [5, 5.41) is 25.4. The molecule has 5 heteroatoms. The van der Waals surface area contributed by atoms with Crippen LogP contribution in [0.3, 0.4) is 0 Å². The standard InChI is InChI=1S/C18H25N5/c1-13-7-5-6-10-18(13)17(21-14-8-3-2-4-9-14)22-15(11-19)16(12-20)23-18/h13-14,23H,2-10H2,1H3,(H,21,22). The SMILES string of the molecule is CC1CCCCC12NC(C#N)=C(C#N)NC2=NC1CCCCC1. The van der Waals surface area contributed by atoms with Crippen molar-refractivity contribution in [2.75, 3.05) is 0 Å². The Morgan fingerprint density at radius 1 is 1.00 bits per heavy atom. The van der Waals surface area contributed by atoms with E-state index < -0.39 is 0 Å². The molecule has 23 heavy (non-hydrogen) atoms. The van der Waals surface area contributed by atoms with Crippen molar-refractivity contribution in [1.29, 1.82) is 10.5 Å². The van der Waals surface area contributed by atoms with Crippen LogP contribution in [-0.4, -0.2) is 17.4 Å². The fraction of sp³-hybridized carbons (Fsp3) is 0.722. The summed E-state index contributed by atoms with van der Waals surface area (Å²) in [4.78, 5) is 5.04. The summed E-state index contributed by atoms with van der Waals surface area (Å²) in [6.45, 7) is 2.23. The van der Waals surface area contributed by atoms with Crippen LogP contribution in [0.25, 0.3) is 0 Å². The highest BCUT2D eigenvalue weighted by Crippen LogP contribution is 2.37. The van der Waals surface area contributed by atoms with Gasteiger partial charge in [0.1, 0.15) is 23.7 Å². The van der Waals surface area contributed by atoms with Gasteiger partial charge in [0.15, 0.2) is 5.70 Å². The van der Waals surface area contributed by atoms with E-state index in [-0.39, 0.29) is 5.54 Å². The van der Waals surface area contributed by atoms with Gasteiger partial charge in [0.25, 0.3) is 0 Å². The second kappa shape index (κ2) is 6.62. The van der Waals surface area contributed by atoms with Crippen LogP contribution in [0.15, 0.2) is 16.4 Å². The minimum Gasteiger partial charge on any atom is -0.361 e. The third kappa shape index (κ3) is 2.93. The molecule has 5 nitrogen and oxygen atoms in total. The van der Waals surface area contributed by atoms with Crippen LogP contribution in [0.5, 0.6) is 0 Å². The van der Waals surface area contributed by atoms with E-state index in [1.165, 1.54) is 25.7 Å². The molecule has 0 saturated heterocycles. The van der Waals surface area contributed by atoms with E-state index in [9.17, 15) is 10.5 Å². The van der Waals surface area contributed by atoms with Crippen LogP contribution in [0, 0.1) is 28.6 Å². The predicted molar refractivity (Wildman–Crippen MR) is 89.2 cm³/mol. The quantitative estimate of drug-likeness (QED) is 0.779. The van der Waals surface area contributed by atoms with Crippen molar-refractivity contribution in [3.8, 4) is 12.1 Å². The molecule has 0 aromatic heterocycles. The molecule has 0 amide bonds. The van der Waals surface area contributed by atoms with Crippen LogP contribution in [0.2, 0.25) is 0 Å². The number of amidine groups is 1. The number of nitrogens with one attached hydrogen (secondary N) is 2. The molecule has 0 aromatic carbocycles. The number of aliphatic imine (C=N–C) groups is 1. The van der Waals surface area contributed by atoms with Crippen LogP contribution in [-0.2, 0) is 0 Å². The van der Waals surface area contributed by atoms with Gasteiger partial charge in [0.2, 0.25) is 0 Å². The maximum Gasteiger partial charge on any atom is 0.153 e. The average molecular weight is 311 g/mol. The minimum absolute atomic E-state index is 0.304. The van der Waals surface area contributed by atoms with Crippen molar-refractivity contribution in [1.82, 2.24) is 10.6 Å². The first-order chi connectivity index (χ1) is 11.2. The average Bonchev–Trinajstić information content (AvgIpc) is 2.59. The van der Waals surface area contributed by atoms with Gasteiger partial charge in [-0.05, 0) is 31.6 Å². The second-order valence-corrected chi connectivity index (χ2v) is 7.11. The van der Waals surface area contributed by atoms with Crippen molar-refractivity contribution in [3.05, 3.63) is 11.4 Å². The molecule has 2 N–H and O–H groups in total. The van der Waals surface area contributed by atoms with E-state index in [1.807, 2.05) is 0 Å². The first-order valence-electron chi connectivity index (χ1n) is 8.87. The van der Waals surface area contributed by atoms with Gasteiger partial charge in [-0.3, -0.25) is 4.99 Å². The lowest BCUT2D eigenvalue weighted by Crippen LogP contribution is -2.64. The maximum atomic E-state index is 9.40. The van der Waals surface area contributed by atoms with Gasteiger partial charge in [-0.15, -0.1) is 0 Å². The largest absolute Gasteiger partial charge is 0.361 e. The molecule has 0 radical (unpaired) electrons. The molecule has 1 spiro atoms. The molecule has 3 rings (SSSR count). The Hall–Kier alpha value is -2.01. The molecule has 0 aromatic rings. The van der Waals surface area contributed by atoms with Crippen molar-refractivity contribution < 1.29 is 0 Å². The van der Waals surface area contributed by atoms with Gasteiger partial charge in [0.05, 0.1) is 11.6 Å². The summed E-state index contributed by atoms with van der Waals surface area (Å²) < 4.78 is 0. The number of allylic oxidation sites excluding steroid dienone is 2. The minimum atomic E-state index is -0.304. The summed E-state index contributed by atoms with van der Waals surface area (Å²) in [7, 11) is 0. The Labute approximate surface area is 138 Å². The highest BCUT2D eigenvalue weighted by molar-refractivity contribution is 5.95. The third-order valence-electron chi connectivity index (χ3n) is 5.67. The van der Waals surface area contributed by atoms with E-state index in [0.717, 1.165) is 37.9 Å². The fourth-order valence-corrected chi connectivity index (χ4v) is 4.23. The summed E-state index contributed by atoms with van der Waals surface area (Å²) in [6.07, 6.45) is 10.5. The number of nitriles is 2. The number of nitrogens with zero attached hydrogens (tertiary/aromatic N) is 3. The van der Waals surface area contributed by atoms with Crippen molar-refractivity contribution in [3.63, 3.8) is 0 Å². The Morgan fingerprint density at radius 2 is 1.70 bits per heavy atom. The molecule has 0 bridgehead atoms. The van der Waals surface area contributed by atoms with Crippen LogP contribution in [0.1, 0.15) is 64.7 Å². The normalized spacial score (nSPS) is 33.7. The molecule has 122 valence electrons. The Morgan fingerprint density at radius 3 is 2.35 bits per heavy atom. The lowest BCUT2D eigenvalue weighted by Gasteiger charge is -2.47. The Balaban J connectivity index is 1.99. The summed E-state index contributed by atoms with van der Waals surface area (Å²) in [6, 6.07) is 4.61. The topological polar surface area (TPSA) is 84.0 Å². The lowest BCUT2D eigenvalue weighted by atomic mass is 9.71. The van der Waals surface area contributed by atoms with Crippen LogP contribution < -0.4 is 10.6 Å². The van der Waals surface area contributed by atoms with Gasteiger partial charge in [-0.2, -0.15) is 10.5 Å². The summed E-state index contributed by atoms with van der Waals surface area (Å²) >= 11 is 0. The third-order valence-corrected chi connectivity index (χ3v) is 5.67. The molecular weight excluding hydrogens is 286 g/mol. The van der Waals surface area contributed by atoms with Crippen molar-refractivity contribution >= 4 is 5.84 Å². The molecular formula is C18H25N5. The molecule has 1 aliphatic heterocycles. The molecule has 2 unspecified atom stereocenters. The van der Waals surface area contributed by atoms with E-state index in [0.29, 0.717) is 23.4 Å². The second-order valence-electron chi connectivity index (χ2n) is 7.11. The molecule has 2 aliphatic carbocycles. The highest BCUT2D eigenvalue weighted by atomic mass is 15.2. The zero-order chi connectivity index (χ0) is 16.3. The molecule has 2 saturated carbocycles. The number of hydrogen-bond donors (Lipinski definition) is 2. The lowest BCUT2D eigenvalue weighted by molar-refractivity contribution is 0.231. The van der Waals surface area contributed by atoms with Crippen LogP contribution >= 0.6 is 0 Å². The van der Waals surface area contributed by atoms with Crippen molar-refractivity contribution in [2.45, 2.75) is 76.3 Å². The monoisotopic (exact) mass is 311 g/mol. The van der Waals surface area contributed by atoms with E-state index in [4.69, 9.17) is 4.99 Å². The van der Waals surface area contributed by atoms with E-state index in [2.05, 4.69) is 29.7 Å². The highest BCUT2D eigenvalue weighted by Gasteiger charge is 2.46. The first-order valence-corrected chi connectivity index (χ1v) is 8.87. The Bertz CT molecular complexity index is 600. The number of hydrogen-bond acceptors (Lipinski definition) is 4. The fourth-order valence-electron chi connectivity index (χ4n) is 4.23. The Kier molecular flexibility index (Phi) is 4.57. The zero-order valence-electron chi connectivity index (χ0n) is 13.9. The molecule has 3 aliphatic rings. The van der Waals surface area contributed by atoms with Gasteiger partial charge in [0, 0.05) is 0 Å². The van der Waals surface area contributed by atoms with Gasteiger partial charge >= 0.3 is 0 Å². The number of rotatable bonds is 1. The van der Waals surface area contributed by atoms with Gasteiger partial charge < -0.3 is 10.6 Å². The smallest absolute Gasteiger partial charge is 0.153 e. The summed E-state index contributed by atoms with van der Waals surface area (Å²) in [5.41, 5.74) is 0.371. The molecule has 2 fully saturated rings. The van der Waals surface area contributed by atoms with E-state index in [1.54, 1.807) is 0 Å². The molecule has 1 heterocycles. The first kappa shape index (κ1) is 15.9. The van der Waals surface area contributed by atoms with E-state index >= 15 is 0 Å². The van der Waals surface area contributed by atoms with Gasteiger partial charge in [-0.25, -0.2) is 0 Å². The molecule has 2 atom stereocenters.